The van der Waals surface area contributed by atoms with Gasteiger partial charge in [-0.3, -0.25) is 11.3 Å². The normalized spacial score (nSPS) is 30.9. The van der Waals surface area contributed by atoms with Crippen LogP contribution in [0.25, 0.3) is 0 Å². The van der Waals surface area contributed by atoms with Crippen LogP contribution in [0.3, 0.4) is 0 Å². The van der Waals surface area contributed by atoms with E-state index in [1.165, 1.54) is 25.7 Å². The Morgan fingerprint density at radius 2 is 2.12 bits per heavy atom. The van der Waals surface area contributed by atoms with Crippen molar-refractivity contribution >= 4 is 0 Å². The lowest BCUT2D eigenvalue weighted by molar-refractivity contribution is -0.0749. The summed E-state index contributed by atoms with van der Waals surface area (Å²) in [5, 5.41) is 0. The Labute approximate surface area is 106 Å². The third-order valence-electron chi connectivity index (χ3n) is 4.46. The molecule has 3 N–H and O–H groups in total. The molecule has 0 heterocycles. The summed E-state index contributed by atoms with van der Waals surface area (Å²) in [5.41, 5.74) is 2.91. The first-order valence-electron chi connectivity index (χ1n) is 7.17. The first-order valence-corrected chi connectivity index (χ1v) is 7.17. The Balaban J connectivity index is 2.73. The molecule has 17 heavy (non-hydrogen) atoms. The molecular formula is C14H30N2O. The minimum atomic E-state index is -0.134. The van der Waals surface area contributed by atoms with Gasteiger partial charge in [0.1, 0.15) is 0 Å². The van der Waals surface area contributed by atoms with Gasteiger partial charge in [0.05, 0.1) is 11.6 Å². The maximum absolute atomic E-state index is 5.98. The highest BCUT2D eigenvalue weighted by Gasteiger charge is 2.39. The van der Waals surface area contributed by atoms with E-state index in [1.54, 1.807) is 0 Å². The van der Waals surface area contributed by atoms with Crippen LogP contribution < -0.4 is 11.3 Å². The number of hydrazine groups is 1. The molecule has 0 aromatic carbocycles. The lowest BCUT2D eigenvalue weighted by Gasteiger charge is -2.43. The van der Waals surface area contributed by atoms with Crippen molar-refractivity contribution in [1.82, 2.24) is 5.43 Å². The van der Waals surface area contributed by atoms with Gasteiger partial charge in [0.25, 0.3) is 0 Å². The Hall–Kier alpha value is -0.120. The SMILES string of the molecule is CCOC(C)(CC)C(NN)C1CCCC(C)C1. The molecule has 1 aliphatic carbocycles. The molecule has 102 valence electrons. The van der Waals surface area contributed by atoms with Crippen LogP contribution in [0, 0.1) is 11.8 Å². The lowest BCUT2D eigenvalue weighted by Crippen LogP contribution is -2.57. The predicted molar refractivity (Wildman–Crippen MR) is 72.6 cm³/mol. The topological polar surface area (TPSA) is 47.3 Å². The van der Waals surface area contributed by atoms with Crippen LogP contribution in [-0.4, -0.2) is 18.2 Å². The molecule has 4 unspecified atom stereocenters. The largest absolute Gasteiger partial charge is 0.374 e. The van der Waals surface area contributed by atoms with Crippen molar-refractivity contribution in [2.24, 2.45) is 17.7 Å². The lowest BCUT2D eigenvalue weighted by atomic mass is 9.73. The first-order chi connectivity index (χ1) is 8.07. The van der Waals surface area contributed by atoms with Crippen molar-refractivity contribution < 1.29 is 4.74 Å². The number of nitrogens with one attached hydrogen (secondary N) is 1. The van der Waals surface area contributed by atoms with Gasteiger partial charge in [-0.2, -0.15) is 0 Å². The van der Waals surface area contributed by atoms with E-state index in [-0.39, 0.29) is 11.6 Å². The number of nitrogens with two attached hydrogens (primary N) is 1. The molecule has 3 heteroatoms. The fraction of sp³-hybridized carbons (Fsp3) is 1.00. The molecule has 0 aromatic rings. The molecule has 1 saturated carbocycles. The molecule has 0 radical (unpaired) electrons. The zero-order chi connectivity index (χ0) is 12.9. The van der Waals surface area contributed by atoms with Gasteiger partial charge in [0.15, 0.2) is 0 Å². The molecular weight excluding hydrogens is 212 g/mol. The van der Waals surface area contributed by atoms with Gasteiger partial charge >= 0.3 is 0 Å². The van der Waals surface area contributed by atoms with Crippen molar-refractivity contribution in [3.05, 3.63) is 0 Å². The van der Waals surface area contributed by atoms with Crippen molar-refractivity contribution in [1.29, 1.82) is 0 Å². The zero-order valence-corrected chi connectivity index (χ0v) is 12.0. The Kier molecular flexibility index (Phi) is 5.90. The van der Waals surface area contributed by atoms with Crippen molar-refractivity contribution in [2.75, 3.05) is 6.61 Å². The molecule has 0 aliphatic heterocycles. The minimum Gasteiger partial charge on any atom is -0.374 e. The Morgan fingerprint density at radius 1 is 1.41 bits per heavy atom. The summed E-state index contributed by atoms with van der Waals surface area (Å²) in [5.74, 6) is 7.29. The molecule has 4 atom stereocenters. The molecule has 0 spiro atoms. The molecule has 1 rings (SSSR count). The second-order valence-electron chi connectivity index (χ2n) is 5.78. The van der Waals surface area contributed by atoms with Gasteiger partial charge in [-0.25, -0.2) is 0 Å². The molecule has 3 nitrogen and oxygen atoms in total. The van der Waals surface area contributed by atoms with Gasteiger partial charge < -0.3 is 4.74 Å². The zero-order valence-electron chi connectivity index (χ0n) is 12.0. The number of hydrogen-bond donors (Lipinski definition) is 2. The van der Waals surface area contributed by atoms with Gasteiger partial charge in [-0.05, 0) is 44.9 Å². The summed E-state index contributed by atoms with van der Waals surface area (Å²) in [6, 6.07) is 0.273. The van der Waals surface area contributed by atoms with Crippen molar-refractivity contribution in [2.45, 2.75) is 71.4 Å². The molecule has 0 saturated heterocycles. The maximum atomic E-state index is 5.98. The van der Waals surface area contributed by atoms with Crippen molar-refractivity contribution in [3.63, 3.8) is 0 Å². The molecule has 0 amide bonds. The minimum absolute atomic E-state index is 0.134. The molecule has 1 fully saturated rings. The van der Waals surface area contributed by atoms with Crippen LogP contribution in [0.15, 0.2) is 0 Å². The van der Waals surface area contributed by atoms with Crippen LogP contribution in [0.4, 0.5) is 0 Å². The molecule has 0 aromatic heterocycles. The van der Waals surface area contributed by atoms with Crippen LogP contribution in [0.1, 0.15) is 59.8 Å². The molecule has 0 bridgehead atoms. The van der Waals surface area contributed by atoms with E-state index in [0.717, 1.165) is 18.9 Å². The summed E-state index contributed by atoms with van der Waals surface area (Å²) in [7, 11) is 0. The van der Waals surface area contributed by atoms with Gasteiger partial charge in [-0.1, -0.05) is 26.7 Å². The van der Waals surface area contributed by atoms with Crippen LogP contribution in [0.2, 0.25) is 0 Å². The summed E-state index contributed by atoms with van der Waals surface area (Å²) in [6.07, 6.45) is 6.25. The van der Waals surface area contributed by atoms with Gasteiger partial charge in [-0.15, -0.1) is 0 Å². The summed E-state index contributed by atoms with van der Waals surface area (Å²) >= 11 is 0. The monoisotopic (exact) mass is 242 g/mol. The van der Waals surface area contributed by atoms with Crippen LogP contribution in [0.5, 0.6) is 0 Å². The third kappa shape index (κ3) is 3.67. The summed E-state index contributed by atoms with van der Waals surface area (Å²) < 4.78 is 5.98. The van der Waals surface area contributed by atoms with Crippen molar-refractivity contribution in [3.8, 4) is 0 Å². The fourth-order valence-corrected chi connectivity index (χ4v) is 3.34. The highest BCUT2D eigenvalue weighted by atomic mass is 16.5. The van der Waals surface area contributed by atoms with E-state index in [2.05, 4.69) is 33.1 Å². The average Bonchev–Trinajstić information content (AvgIpc) is 2.30. The maximum Gasteiger partial charge on any atom is 0.0820 e. The van der Waals surface area contributed by atoms with E-state index in [4.69, 9.17) is 10.6 Å². The van der Waals surface area contributed by atoms with E-state index < -0.39 is 0 Å². The number of ether oxygens (including phenoxy) is 1. The van der Waals surface area contributed by atoms with Gasteiger partial charge in [0, 0.05) is 6.61 Å². The second kappa shape index (κ2) is 6.72. The number of hydrogen-bond acceptors (Lipinski definition) is 3. The summed E-state index contributed by atoms with van der Waals surface area (Å²) in [6.45, 7) is 9.55. The van der Waals surface area contributed by atoms with E-state index in [0.29, 0.717) is 5.92 Å². The predicted octanol–water partition coefficient (Wildman–Crippen LogP) is 2.85. The van der Waals surface area contributed by atoms with Crippen LogP contribution in [-0.2, 0) is 4.74 Å². The highest BCUT2D eigenvalue weighted by Crippen LogP contribution is 2.36. The van der Waals surface area contributed by atoms with Crippen LogP contribution >= 0.6 is 0 Å². The smallest absolute Gasteiger partial charge is 0.0820 e. The Morgan fingerprint density at radius 3 is 2.59 bits per heavy atom. The van der Waals surface area contributed by atoms with Gasteiger partial charge in [0.2, 0.25) is 0 Å². The van der Waals surface area contributed by atoms with E-state index in [9.17, 15) is 0 Å². The van der Waals surface area contributed by atoms with E-state index >= 15 is 0 Å². The highest BCUT2D eigenvalue weighted by molar-refractivity contribution is 4.93. The average molecular weight is 242 g/mol. The standard InChI is InChI=1S/C14H30N2O/c1-5-14(4,17-6-2)13(16-15)12-9-7-8-11(3)10-12/h11-13,16H,5-10,15H2,1-4H3. The Bertz CT molecular complexity index is 222. The second-order valence-corrected chi connectivity index (χ2v) is 5.78. The van der Waals surface area contributed by atoms with E-state index in [1.807, 2.05) is 0 Å². The fourth-order valence-electron chi connectivity index (χ4n) is 3.34. The molecule has 1 aliphatic rings. The quantitative estimate of drug-likeness (QED) is 0.556. The number of rotatable bonds is 6. The summed E-state index contributed by atoms with van der Waals surface area (Å²) in [4.78, 5) is 0. The first kappa shape index (κ1) is 14.9. The third-order valence-corrected chi connectivity index (χ3v) is 4.46.